The lowest BCUT2D eigenvalue weighted by Gasteiger charge is -2.32. The number of hydrogen-bond donors (Lipinski definition) is 1. The zero-order chi connectivity index (χ0) is 8.23. The number of rotatable bonds is 1. The highest BCUT2D eigenvalue weighted by Gasteiger charge is 2.24. The average molecular weight is 183 g/mol. The summed E-state index contributed by atoms with van der Waals surface area (Å²) in [6, 6.07) is 0. The molecule has 0 amide bonds. The largest absolute Gasteiger partial charge is 0.344 e. The molecule has 0 spiro atoms. The van der Waals surface area contributed by atoms with Gasteiger partial charge in [0, 0.05) is 0 Å². The van der Waals surface area contributed by atoms with Crippen LogP contribution in [-0.2, 0) is 0 Å². The van der Waals surface area contributed by atoms with E-state index in [1.165, 1.54) is 38.5 Å². The Hall–Kier alpha value is -0.0400. The molecule has 1 nitrogen and oxygen atoms in total. The van der Waals surface area contributed by atoms with Gasteiger partial charge >= 0.3 is 0 Å². The van der Waals surface area contributed by atoms with E-state index in [-0.39, 0.29) is 6.15 Å². The molecule has 0 aliphatic heterocycles. The molecule has 0 aromatic heterocycles. The molecule has 13 heavy (non-hydrogen) atoms. The van der Waals surface area contributed by atoms with Gasteiger partial charge in [-0.05, 0) is 11.8 Å². The molecule has 0 radical (unpaired) electrons. The molecular weight excluding hydrogens is 158 g/mol. The summed E-state index contributed by atoms with van der Waals surface area (Å²) in [5.41, 5.74) is 0. The molecule has 3 N–H and O–H groups in total. The lowest BCUT2D eigenvalue weighted by molar-refractivity contribution is 0.196. The van der Waals surface area contributed by atoms with E-state index in [0.717, 1.165) is 11.8 Å². The summed E-state index contributed by atoms with van der Waals surface area (Å²) in [4.78, 5) is 0. The summed E-state index contributed by atoms with van der Waals surface area (Å²) in [6.07, 6.45) is 15.4. The molecule has 0 atom stereocenters. The van der Waals surface area contributed by atoms with Crippen molar-refractivity contribution in [1.29, 1.82) is 0 Å². The monoisotopic (exact) mass is 183 g/mol. The van der Waals surface area contributed by atoms with Crippen molar-refractivity contribution in [2.24, 2.45) is 11.8 Å². The van der Waals surface area contributed by atoms with Crippen LogP contribution in [0.5, 0.6) is 0 Å². The van der Waals surface area contributed by atoms with Crippen LogP contribution in [0, 0.1) is 11.8 Å². The van der Waals surface area contributed by atoms with Gasteiger partial charge in [0.15, 0.2) is 0 Å². The molecule has 0 bridgehead atoms. The first-order valence-corrected chi connectivity index (χ1v) is 5.97. The van der Waals surface area contributed by atoms with E-state index in [4.69, 9.17) is 0 Å². The maximum atomic E-state index is 1.56. The van der Waals surface area contributed by atoms with Crippen molar-refractivity contribution in [1.82, 2.24) is 6.15 Å². The third-order valence-electron chi connectivity index (χ3n) is 3.97. The van der Waals surface area contributed by atoms with E-state index in [1.54, 1.807) is 25.7 Å². The highest BCUT2D eigenvalue weighted by molar-refractivity contribution is 4.76. The Morgan fingerprint density at radius 1 is 0.462 bits per heavy atom. The van der Waals surface area contributed by atoms with Gasteiger partial charge in [-0.1, -0.05) is 64.2 Å². The van der Waals surface area contributed by atoms with Gasteiger partial charge in [-0.2, -0.15) is 0 Å². The first-order valence-electron chi connectivity index (χ1n) is 5.97. The van der Waals surface area contributed by atoms with Gasteiger partial charge in [0.2, 0.25) is 0 Å². The summed E-state index contributed by atoms with van der Waals surface area (Å²) in [5, 5.41) is 0. The van der Waals surface area contributed by atoms with E-state index in [0.29, 0.717) is 0 Å². The first kappa shape index (κ1) is 11.0. The van der Waals surface area contributed by atoms with Crippen molar-refractivity contribution in [3.8, 4) is 0 Å². The Morgan fingerprint density at radius 2 is 0.769 bits per heavy atom. The van der Waals surface area contributed by atoms with Gasteiger partial charge in [0.25, 0.3) is 0 Å². The molecule has 0 aromatic carbocycles. The van der Waals surface area contributed by atoms with E-state index >= 15 is 0 Å². The molecule has 0 saturated heterocycles. The Labute approximate surface area is 82.9 Å². The molecule has 2 aliphatic rings. The Morgan fingerprint density at radius 3 is 1.08 bits per heavy atom. The van der Waals surface area contributed by atoms with Crippen molar-refractivity contribution in [2.75, 3.05) is 0 Å². The zero-order valence-corrected chi connectivity index (χ0v) is 8.93. The van der Waals surface area contributed by atoms with E-state index < -0.39 is 0 Å². The molecule has 0 aromatic rings. The van der Waals surface area contributed by atoms with E-state index in [1.807, 2.05) is 0 Å². The standard InChI is InChI=1S/C12H22.H3N/c1-3-7-11(8-4-1)12-9-5-2-6-10-12;/h11-12H,1-10H2;1H3. The first-order chi connectivity index (χ1) is 5.97. The van der Waals surface area contributed by atoms with Crippen LogP contribution in [0.3, 0.4) is 0 Å². The fourth-order valence-electron chi connectivity index (χ4n) is 3.21. The summed E-state index contributed by atoms with van der Waals surface area (Å²) < 4.78 is 0. The van der Waals surface area contributed by atoms with Crippen molar-refractivity contribution in [3.05, 3.63) is 0 Å². The summed E-state index contributed by atoms with van der Waals surface area (Å²) >= 11 is 0. The van der Waals surface area contributed by atoms with Crippen molar-refractivity contribution >= 4 is 0 Å². The molecule has 0 unspecified atom stereocenters. The third kappa shape index (κ3) is 2.98. The van der Waals surface area contributed by atoms with Crippen molar-refractivity contribution in [3.63, 3.8) is 0 Å². The molecule has 2 saturated carbocycles. The predicted molar refractivity (Wildman–Crippen MR) is 58.2 cm³/mol. The average Bonchev–Trinajstić information content (AvgIpc) is 2.21. The maximum Gasteiger partial charge on any atom is -0.0386 e. The lowest BCUT2D eigenvalue weighted by atomic mass is 9.73. The van der Waals surface area contributed by atoms with Crippen LogP contribution in [0.4, 0.5) is 0 Å². The van der Waals surface area contributed by atoms with Crippen molar-refractivity contribution < 1.29 is 0 Å². The molecule has 2 rings (SSSR count). The molecule has 2 aliphatic carbocycles. The second-order valence-corrected chi connectivity index (χ2v) is 4.80. The smallest absolute Gasteiger partial charge is 0.0386 e. The van der Waals surface area contributed by atoms with E-state index in [9.17, 15) is 0 Å². The fourth-order valence-corrected chi connectivity index (χ4v) is 3.21. The molecular formula is C12H25N. The minimum Gasteiger partial charge on any atom is -0.344 e. The molecule has 2 fully saturated rings. The van der Waals surface area contributed by atoms with Crippen LogP contribution in [0.2, 0.25) is 0 Å². The maximum absolute atomic E-state index is 1.56. The second-order valence-electron chi connectivity index (χ2n) is 4.80. The summed E-state index contributed by atoms with van der Waals surface area (Å²) in [7, 11) is 0. The van der Waals surface area contributed by atoms with Crippen LogP contribution < -0.4 is 6.15 Å². The van der Waals surface area contributed by atoms with Gasteiger partial charge in [-0.15, -0.1) is 0 Å². The molecule has 78 valence electrons. The quantitative estimate of drug-likeness (QED) is 0.646. The Balaban J connectivity index is 0.000000845. The van der Waals surface area contributed by atoms with E-state index in [2.05, 4.69) is 0 Å². The van der Waals surface area contributed by atoms with Crippen LogP contribution in [0.25, 0.3) is 0 Å². The van der Waals surface area contributed by atoms with Crippen LogP contribution in [0.15, 0.2) is 0 Å². The zero-order valence-electron chi connectivity index (χ0n) is 8.93. The highest BCUT2D eigenvalue weighted by atomic mass is 14.3. The minimum absolute atomic E-state index is 0. The van der Waals surface area contributed by atoms with Crippen LogP contribution in [0.1, 0.15) is 64.2 Å². The Kier molecular flexibility index (Phi) is 4.79. The molecule has 1 heteroatoms. The topological polar surface area (TPSA) is 35.0 Å². The molecule has 0 heterocycles. The van der Waals surface area contributed by atoms with Gasteiger partial charge in [0.1, 0.15) is 0 Å². The lowest BCUT2D eigenvalue weighted by Crippen LogP contribution is -2.20. The minimum atomic E-state index is 0. The SMILES string of the molecule is C1CCC(C2CCCCC2)CC1.N. The van der Waals surface area contributed by atoms with Gasteiger partial charge in [-0.25, -0.2) is 0 Å². The van der Waals surface area contributed by atoms with Crippen LogP contribution >= 0.6 is 0 Å². The Bertz CT molecular complexity index is 105. The van der Waals surface area contributed by atoms with Gasteiger partial charge < -0.3 is 6.15 Å². The fraction of sp³-hybridized carbons (Fsp3) is 1.00. The highest BCUT2D eigenvalue weighted by Crippen LogP contribution is 2.37. The second kappa shape index (κ2) is 5.64. The third-order valence-corrected chi connectivity index (χ3v) is 3.97. The van der Waals surface area contributed by atoms with Crippen LogP contribution in [-0.4, -0.2) is 0 Å². The summed E-state index contributed by atoms with van der Waals surface area (Å²) in [5.74, 6) is 2.28. The normalized spacial score (nSPS) is 26.8. The number of hydrogen-bond acceptors (Lipinski definition) is 1. The van der Waals surface area contributed by atoms with Gasteiger partial charge in [0.05, 0.1) is 0 Å². The van der Waals surface area contributed by atoms with Crippen molar-refractivity contribution in [2.45, 2.75) is 64.2 Å². The van der Waals surface area contributed by atoms with Gasteiger partial charge in [-0.3, -0.25) is 0 Å². The summed E-state index contributed by atoms with van der Waals surface area (Å²) in [6.45, 7) is 0. The predicted octanol–water partition coefficient (Wildman–Crippen LogP) is 4.31.